The van der Waals surface area contributed by atoms with Crippen LogP contribution in [0.1, 0.15) is 17.7 Å². The van der Waals surface area contributed by atoms with Gasteiger partial charge in [0.1, 0.15) is 10.8 Å². The average Bonchev–Trinajstić information content (AvgIpc) is 2.80. The van der Waals surface area contributed by atoms with Crippen LogP contribution in [-0.2, 0) is 12.8 Å². The maximum atomic E-state index is 5.64. The SMILES string of the molecule is NCCc1nc(-c2ccc3c(c2)CCCO3)sc1Br. The lowest BCUT2D eigenvalue weighted by Crippen LogP contribution is -2.08. The Balaban J connectivity index is 1.95. The minimum absolute atomic E-state index is 0.625. The molecule has 0 amide bonds. The van der Waals surface area contributed by atoms with Crippen molar-refractivity contribution in [3.63, 3.8) is 0 Å². The van der Waals surface area contributed by atoms with E-state index < -0.39 is 0 Å². The maximum Gasteiger partial charge on any atom is 0.124 e. The van der Waals surface area contributed by atoms with Gasteiger partial charge >= 0.3 is 0 Å². The quantitative estimate of drug-likeness (QED) is 0.932. The van der Waals surface area contributed by atoms with Gasteiger partial charge in [0.15, 0.2) is 0 Å². The molecule has 0 radical (unpaired) electrons. The molecule has 1 aromatic carbocycles. The third-order valence-electron chi connectivity index (χ3n) is 3.19. The highest BCUT2D eigenvalue weighted by Crippen LogP contribution is 2.35. The highest BCUT2D eigenvalue weighted by molar-refractivity contribution is 9.11. The number of hydrogen-bond donors (Lipinski definition) is 1. The van der Waals surface area contributed by atoms with Crippen molar-refractivity contribution in [1.82, 2.24) is 4.98 Å². The van der Waals surface area contributed by atoms with Crippen LogP contribution in [0.4, 0.5) is 0 Å². The van der Waals surface area contributed by atoms with Crippen molar-refractivity contribution in [2.45, 2.75) is 19.3 Å². The molecule has 0 unspecified atom stereocenters. The van der Waals surface area contributed by atoms with Gasteiger partial charge < -0.3 is 10.5 Å². The number of fused-ring (bicyclic) bond motifs is 1. The second kappa shape index (κ2) is 5.61. The van der Waals surface area contributed by atoms with Gasteiger partial charge in [0.05, 0.1) is 16.1 Å². The zero-order valence-electron chi connectivity index (χ0n) is 10.5. The third kappa shape index (κ3) is 2.68. The summed E-state index contributed by atoms with van der Waals surface area (Å²) >= 11 is 5.23. The molecule has 0 spiro atoms. The fourth-order valence-electron chi connectivity index (χ4n) is 2.24. The summed E-state index contributed by atoms with van der Waals surface area (Å²) in [6.45, 7) is 1.45. The Kier molecular flexibility index (Phi) is 3.86. The smallest absolute Gasteiger partial charge is 0.124 e. The molecule has 2 aromatic rings. The van der Waals surface area contributed by atoms with E-state index in [1.165, 1.54) is 11.1 Å². The Hall–Kier alpha value is -0.910. The molecule has 0 saturated carbocycles. The Labute approximate surface area is 124 Å². The van der Waals surface area contributed by atoms with E-state index in [0.29, 0.717) is 6.54 Å². The molecule has 2 heterocycles. The van der Waals surface area contributed by atoms with E-state index in [1.807, 2.05) is 0 Å². The predicted octanol–water partition coefficient (Wildman–Crippen LogP) is 3.40. The lowest BCUT2D eigenvalue weighted by atomic mass is 10.0. The molecule has 5 heteroatoms. The van der Waals surface area contributed by atoms with Crippen molar-refractivity contribution in [2.24, 2.45) is 5.73 Å². The van der Waals surface area contributed by atoms with E-state index in [2.05, 4.69) is 39.1 Å². The Morgan fingerprint density at radius 1 is 1.42 bits per heavy atom. The molecule has 0 fully saturated rings. The van der Waals surface area contributed by atoms with Crippen LogP contribution in [0.5, 0.6) is 5.75 Å². The highest BCUT2D eigenvalue weighted by Gasteiger charge is 2.14. The average molecular weight is 339 g/mol. The van der Waals surface area contributed by atoms with E-state index in [1.54, 1.807) is 11.3 Å². The van der Waals surface area contributed by atoms with Crippen LogP contribution in [0.2, 0.25) is 0 Å². The van der Waals surface area contributed by atoms with Gasteiger partial charge in [0, 0.05) is 12.0 Å². The summed E-state index contributed by atoms with van der Waals surface area (Å²) in [7, 11) is 0. The first kappa shape index (κ1) is 13.1. The topological polar surface area (TPSA) is 48.1 Å². The minimum atomic E-state index is 0.625. The first-order valence-corrected chi connectivity index (χ1v) is 8.00. The predicted molar refractivity (Wildman–Crippen MR) is 81.8 cm³/mol. The fourth-order valence-corrected chi connectivity index (χ4v) is 3.82. The minimum Gasteiger partial charge on any atom is -0.493 e. The molecule has 0 aliphatic carbocycles. The molecule has 0 saturated heterocycles. The van der Waals surface area contributed by atoms with E-state index in [0.717, 1.165) is 46.1 Å². The Bertz CT molecular complexity index is 597. The van der Waals surface area contributed by atoms with Gasteiger partial charge in [-0.1, -0.05) is 0 Å². The molecule has 100 valence electrons. The molecule has 1 aromatic heterocycles. The molecular weight excluding hydrogens is 324 g/mol. The molecule has 19 heavy (non-hydrogen) atoms. The number of hydrogen-bond acceptors (Lipinski definition) is 4. The summed E-state index contributed by atoms with van der Waals surface area (Å²) in [6, 6.07) is 6.34. The number of nitrogens with zero attached hydrogens (tertiary/aromatic N) is 1. The Morgan fingerprint density at radius 2 is 2.32 bits per heavy atom. The van der Waals surface area contributed by atoms with Gasteiger partial charge in [0.2, 0.25) is 0 Å². The van der Waals surface area contributed by atoms with Crippen molar-refractivity contribution >= 4 is 27.3 Å². The zero-order chi connectivity index (χ0) is 13.2. The molecular formula is C14H15BrN2OS. The van der Waals surface area contributed by atoms with Crippen LogP contribution in [0, 0.1) is 0 Å². The number of rotatable bonds is 3. The summed E-state index contributed by atoms with van der Waals surface area (Å²) < 4.78 is 6.72. The van der Waals surface area contributed by atoms with E-state index in [9.17, 15) is 0 Å². The van der Waals surface area contributed by atoms with Crippen molar-refractivity contribution < 1.29 is 4.74 Å². The normalized spacial score (nSPS) is 14.0. The monoisotopic (exact) mass is 338 g/mol. The van der Waals surface area contributed by atoms with Crippen LogP contribution in [0.3, 0.4) is 0 Å². The second-order valence-corrected chi connectivity index (χ2v) is 6.87. The number of aromatic nitrogens is 1. The second-order valence-electron chi connectivity index (χ2n) is 4.55. The lowest BCUT2D eigenvalue weighted by molar-refractivity contribution is 0.288. The standard InChI is InChI=1S/C14H15BrN2OS/c15-13-11(5-6-16)17-14(19-13)10-3-4-12-9(8-10)2-1-7-18-12/h3-4,8H,1-2,5-7,16H2. The lowest BCUT2D eigenvalue weighted by Gasteiger charge is -2.17. The van der Waals surface area contributed by atoms with Crippen LogP contribution < -0.4 is 10.5 Å². The number of ether oxygens (including phenoxy) is 1. The van der Waals surface area contributed by atoms with E-state index in [4.69, 9.17) is 10.5 Å². The largest absolute Gasteiger partial charge is 0.493 e. The van der Waals surface area contributed by atoms with Crippen LogP contribution in [-0.4, -0.2) is 18.1 Å². The summed E-state index contributed by atoms with van der Waals surface area (Å²) in [6.07, 6.45) is 2.99. The number of benzene rings is 1. The number of halogens is 1. The fraction of sp³-hybridized carbons (Fsp3) is 0.357. The molecule has 1 aliphatic rings. The van der Waals surface area contributed by atoms with Crippen LogP contribution in [0.15, 0.2) is 22.0 Å². The van der Waals surface area contributed by atoms with Crippen molar-refractivity contribution in [3.8, 4) is 16.3 Å². The van der Waals surface area contributed by atoms with Gasteiger partial charge in [-0.05, 0) is 59.1 Å². The summed E-state index contributed by atoms with van der Waals surface area (Å²) in [5.74, 6) is 1.02. The van der Waals surface area contributed by atoms with E-state index in [-0.39, 0.29) is 0 Å². The Morgan fingerprint density at radius 3 is 3.16 bits per heavy atom. The van der Waals surface area contributed by atoms with Crippen LogP contribution in [0.25, 0.3) is 10.6 Å². The summed E-state index contributed by atoms with van der Waals surface area (Å²) in [4.78, 5) is 4.67. The van der Waals surface area contributed by atoms with Gasteiger partial charge in [-0.2, -0.15) is 0 Å². The maximum absolute atomic E-state index is 5.64. The van der Waals surface area contributed by atoms with Gasteiger partial charge in [-0.3, -0.25) is 0 Å². The van der Waals surface area contributed by atoms with Crippen molar-refractivity contribution in [3.05, 3.63) is 33.2 Å². The first-order chi connectivity index (χ1) is 9.28. The molecule has 0 bridgehead atoms. The number of nitrogens with two attached hydrogens (primary N) is 1. The van der Waals surface area contributed by atoms with Crippen molar-refractivity contribution in [1.29, 1.82) is 0 Å². The highest BCUT2D eigenvalue weighted by atomic mass is 79.9. The van der Waals surface area contributed by atoms with Gasteiger partial charge in [0.25, 0.3) is 0 Å². The van der Waals surface area contributed by atoms with Crippen LogP contribution >= 0.6 is 27.3 Å². The third-order valence-corrected chi connectivity index (χ3v) is 5.06. The molecule has 0 atom stereocenters. The van der Waals surface area contributed by atoms with Crippen molar-refractivity contribution in [2.75, 3.05) is 13.2 Å². The zero-order valence-corrected chi connectivity index (χ0v) is 12.9. The molecule has 3 rings (SSSR count). The summed E-state index contributed by atoms with van der Waals surface area (Å²) in [5, 5.41) is 1.05. The first-order valence-electron chi connectivity index (χ1n) is 6.39. The number of thiazole rings is 1. The van der Waals surface area contributed by atoms with E-state index >= 15 is 0 Å². The molecule has 1 aliphatic heterocycles. The number of aryl methyl sites for hydroxylation is 1. The summed E-state index contributed by atoms with van der Waals surface area (Å²) in [5.41, 5.74) is 9.10. The molecule has 3 nitrogen and oxygen atoms in total. The van der Waals surface area contributed by atoms with Gasteiger partial charge in [-0.15, -0.1) is 11.3 Å². The molecule has 2 N–H and O–H groups in total. The van der Waals surface area contributed by atoms with Gasteiger partial charge in [-0.25, -0.2) is 4.98 Å².